The number of unbranched alkanes of at least 4 members (excludes halogenated alkanes) is 1. The van der Waals surface area contributed by atoms with E-state index in [4.69, 9.17) is 0 Å². The van der Waals surface area contributed by atoms with Crippen LogP contribution in [0.15, 0.2) is 39.1 Å². The zero-order valence-electron chi connectivity index (χ0n) is 15.4. The van der Waals surface area contributed by atoms with E-state index in [9.17, 15) is 9.59 Å². The Balaban J connectivity index is 2.01. The highest BCUT2D eigenvalue weighted by atomic mass is 32.2. The summed E-state index contributed by atoms with van der Waals surface area (Å²) in [6.45, 7) is 4.48. The molecule has 0 fully saturated rings. The van der Waals surface area contributed by atoms with Crippen molar-refractivity contribution in [2.24, 2.45) is 5.10 Å². The van der Waals surface area contributed by atoms with Crippen LogP contribution in [0.4, 0.5) is 5.69 Å². The highest BCUT2D eigenvalue weighted by Crippen LogP contribution is 2.44. The number of thiazole rings is 1. The SMILES string of the molecule is CCCCn1c(=O)/c(=C2/Sc3ccccc3N2C)s/c1=C1/C(=O)NN=C1C. The minimum absolute atomic E-state index is 0.0365. The lowest BCUT2D eigenvalue weighted by Gasteiger charge is -2.11. The van der Waals surface area contributed by atoms with Gasteiger partial charge in [0.15, 0.2) is 0 Å². The molecule has 1 aromatic carbocycles. The summed E-state index contributed by atoms with van der Waals surface area (Å²) >= 11 is 2.99. The second-order valence-corrected chi connectivity index (χ2v) is 8.52. The van der Waals surface area contributed by atoms with Gasteiger partial charge in [0.1, 0.15) is 14.2 Å². The number of amides is 1. The molecule has 1 amide bonds. The topological polar surface area (TPSA) is 66.7 Å². The van der Waals surface area contributed by atoms with Gasteiger partial charge in [-0.25, -0.2) is 5.43 Å². The van der Waals surface area contributed by atoms with E-state index in [1.54, 1.807) is 23.3 Å². The maximum absolute atomic E-state index is 13.3. The second-order valence-electron chi connectivity index (χ2n) is 6.49. The highest BCUT2D eigenvalue weighted by molar-refractivity contribution is 8.08. The Kier molecular flexibility index (Phi) is 4.69. The molecule has 1 aromatic heterocycles. The molecule has 2 aromatic rings. The predicted molar refractivity (Wildman–Crippen MR) is 112 cm³/mol. The number of fused-ring (bicyclic) bond motifs is 1. The molecule has 8 heteroatoms. The summed E-state index contributed by atoms with van der Waals surface area (Å²) in [5.74, 6) is -0.244. The van der Waals surface area contributed by atoms with Crippen LogP contribution < -0.4 is 25.1 Å². The van der Waals surface area contributed by atoms with E-state index in [1.165, 1.54) is 11.3 Å². The summed E-state index contributed by atoms with van der Waals surface area (Å²) in [5.41, 5.74) is 4.69. The molecule has 0 saturated heterocycles. The zero-order chi connectivity index (χ0) is 19.1. The smallest absolute Gasteiger partial charge is 0.276 e. The molecule has 140 valence electrons. The van der Waals surface area contributed by atoms with Gasteiger partial charge >= 0.3 is 0 Å². The Hall–Kier alpha value is -2.32. The number of nitrogens with zero attached hydrogens (tertiary/aromatic N) is 3. The van der Waals surface area contributed by atoms with E-state index in [2.05, 4.69) is 34.5 Å². The van der Waals surface area contributed by atoms with Crippen LogP contribution in [0.25, 0.3) is 10.6 Å². The molecule has 6 nitrogen and oxygen atoms in total. The Bertz CT molecular complexity index is 1140. The number of para-hydroxylation sites is 1. The van der Waals surface area contributed by atoms with Crippen molar-refractivity contribution < 1.29 is 4.79 Å². The van der Waals surface area contributed by atoms with Gasteiger partial charge in [0.25, 0.3) is 11.5 Å². The fourth-order valence-corrected chi connectivity index (χ4v) is 5.79. The number of hydrogen-bond donors (Lipinski definition) is 1. The average molecular weight is 401 g/mol. The molecule has 0 atom stereocenters. The summed E-state index contributed by atoms with van der Waals surface area (Å²) < 4.78 is 3.11. The van der Waals surface area contributed by atoms with E-state index in [0.717, 1.165) is 28.5 Å². The van der Waals surface area contributed by atoms with Crippen LogP contribution in [0, 0.1) is 0 Å². The third-order valence-electron chi connectivity index (χ3n) is 4.68. The zero-order valence-corrected chi connectivity index (χ0v) is 17.0. The Morgan fingerprint density at radius 2 is 2.00 bits per heavy atom. The summed E-state index contributed by atoms with van der Waals surface area (Å²) in [6.07, 6.45) is 1.86. The van der Waals surface area contributed by atoms with Crippen molar-refractivity contribution in [1.29, 1.82) is 0 Å². The van der Waals surface area contributed by atoms with E-state index in [1.807, 2.05) is 19.2 Å². The number of hydrazone groups is 1. The molecule has 27 heavy (non-hydrogen) atoms. The van der Waals surface area contributed by atoms with Gasteiger partial charge in [0.2, 0.25) is 0 Å². The number of thioether (sulfide) groups is 1. The summed E-state index contributed by atoms with van der Waals surface area (Å²) in [4.78, 5) is 28.8. The number of carbonyl (C=O) groups excluding carboxylic acids is 1. The fourth-order valence-electron chi connectivity index (χ4n) is 3.21. The molecule has 0 aliphatic carbocycles. The lowest BCUT2D eigenvalue weighted by molar-refractivity contribution is -0.115. The van der Waals surface area contributed by atoms with Crippen LogP contribution in [0.1, 0.15) is 26.7 Å². The standard InChI is InChI=1S/C19H20N4O2S2/c1-4-5-10-23-17(25)15(27-18(23)14-11(2)20-21-16(14)24)19-22(3)12-8-6-7-9-13(12)26-19/h6-9H,4-5,10H2,1-3H3,(H,21,24)/b18-14+,19-15-. The number of carbonyl (C=O) groups is 1. The summed E-state index contributed by atoms with van der Waals surface area (Å²) in [5, 5.41) is 4.94. The van der Waals surface area contributed by atoms with Gasteiger partial charge in [0.05, 0.1) is 17.0 Å². The highest BCUT2D eigenvalue weighted by Gasteiger charge is 2.27. The first-order chi connectivity index (χ1) is 13.0. The van der Waals surface area contributed by atoms with Crippen molar-refractivity contribution in [3.8, 4) is 0 Å². The van der Waals surface area contributed by atoms with E-state index in [-0.39, 0.29) is 11.5 Å². The van der Waals surface area contributed by atoms with Gasteiger partial charge in [0, 0.05) is 18.5 Å². The molecular weight excluding hydrogens is 380 g/mol. The van der Waals surface area contributed by atoms with E-state index in [0.29, 0.717) is 27.0 Å². The molecule has 2 aliphatic heterocycles. The third-order valence-corrected chi connectivity index (χ3v) is 7.23. The Morgan fingerprint density at radius 3 is 2.67 bits per heavy atom. The first kappa shape index (κ1) is 18.1. The number of anilines is 1. The van der Waals surface area contributed by atoms with E-state index >= 15 is 0 Å². The lowest BCUT2D eigenvalue weighted by atomic mass is 10.2. The van der Waals surface area contributed by atoms with Gasteiger partial charge in [-0.1, -0.05) is 37.2 Å². The van der Waals surface area contributed by atoms with Crippen LogP contribution in [0.2, 0.25) is 0 Å². The van der Waals surface area contributed by atoms with Crippen molar-refractivity contribution in [2.45, 2.75) is 38.1 Å². The molecule has 1 N–H and O–H groups in total. The fraction of sp³-hybridized carbons (Fsp3) is 0.316. The third kappa shape index (κ3) is 2.93. The maximum Gasteiger partial charge on any atom is 0.276 e. The molecule has 2 aliphatic rings. The normalized spacial score (nSPS) is 20.0. The quantitative estimate of drug-likeness (QED) is 0.851. The molecule has 3 heterocycles. The van der Waals surface area contributed by atoms with Crippen molar-refractivity contribution in [3.63, 3.8) is 0 Å². The molecular formula is C19H20N4O2S2. The van der Waals surface area contributed by atoms with Gasteiger partial charge in [-0.15, -0.1) is 11.3 Å². The van der Waals surface area contributed by atoms with Gasteiger partial charge < -0.3 is 4.90 Å². The lowest BCUT2D eigenvalue weighted by Crippen LogP contribution is -2.35. The first-order valence-corrected chi connectivity index (χ1v) is 10.5. The first-order valence-electron chi connectivity index (χ1n) is 8.86. The second kappa shape index (κ2) is 7.01. The number of benzene rings is 1. The largest absolute Gasteiger partial charge is 0.337 e. The van der Waals surface area contributed by atoms with Gasteiger partial charge in [-0.3, -0.25) is 14.2 Å². The maximum atomic E-state index is 13.3. The van der Waals surface area contributed by atoms with Crippen LogP contribution in [0.5, 0.6) is 0 Å². The minimum Gasteiger partial charge on any atom is -0.337 e. The average Bonchev–Trinajstić information content (AvgIpc) is 3.28. The van der Waals surface area contributed by atoms with Crippen molar-refractivity contribution >= 4 is 51.0 Å². The van der Waals surface area contributed by atoms with Gasteiger partial charge in [-0.05, 0) is 25.5 Å². The van der Waals surface area contributed by atoms with Crippen LogP contribution >= 0.6 is 23.1 Å². The molecule has 0 radical (unpaired) electrons. The number of aromatic nitrogens is 1. The summed E-state index contributed by atoms with van der Waals surface area (Å²) in [6, 6.07) is 8.11. The van der Waals surface area contributed by atoms with Crippen LogP contribution in [-0.4, -0.2) is 23.2 Å². The monoisotopic (exact) mass is 400 g/mol. The number of nitrogens with one attached hydrogen (secondary N) is 1. The number of rotatable bonds is 3. The minimum atomic E-state index is -0.244. The molecule has 0 saturated carbocycles. The van der Waals surface area contributed by atoms with Crippen molar-refractivity contribution in [3.05, 3.63) is 43.8 Å². The van der Waals surface area contributed by atoms with Crippen molar-refractivity contribution in [2.75, 3.05) is 11.9 Å². The molecule has 0 unspecified atom stereocenters. The van der Waals surface area contributed by atoms with E-state index < -0.39 is 0 Å². The molecule has 0 spiro atoms. The number of hydrogen-bond acceptors (Lipinski definition) is 6. The Labute approximate surface area is 164 Å². The van der Waals surface area contributed by atoms with Gasteiger partial charge in [-0.2, -0.15) is 5.10 Å². The summed E-state index contributed by atoms with van der Waals surface area (Å²) in [7, 11) is 1.98. The molecule has 0 bridgehead atoms. The van der Waals surface area contributed by atoms with Crippen LogP contribution in [0.3, 0.4) is 0 Å². The van der Waals surface area contributed by atoms with Crippen molar-refractivity contribution in [1.82, 2.24) is 9.99 Å². The van der Waals surface area contributed by atoms with Crippen LogP contribution in [-0.2, 0) is 11.3 Å². The predicted octanol–water partition coefficient (Wildman–Crippen LogP) is 1.67. The Morgan fingerprint density at radius 1 is 1.22 bits per heavy atom. The molecule has 4 rings (SSSR count).